The molecule has 0 amide bonds. The highest BCUT2D eigenvalue weighted by Crippen LogP contribution is 2.20. The molecule has 2 heterocycles. The zero-order valence-electron chi connectivity index (χ0n) is 18.2. The lowest BCUT2D eigenvalue weighted by Gasteiger charge is -2.13. The number of rotatable bonds is 6. The van der Waals surface area contributed by atoms with Crippen molar-refractivity contribution in [3.63, 3.8) is 0 Å². The molecule has 0 spiro atoms. The van der Waals surface area contributed by atoms with Crippen LogP contribution in [0.1, 0.15) is 12.5 Å². The van der Waals surface area contributed by atoms with Crippen molar-refractivity contribution >= 4 is 17.3 Å². The standard InChI is InChI=1S/C24H21ClN6O3/c1-2-30-23(32)29-22(31(24(30)33)15-16-3-5-17(25)6-4-16)28-18-7-9-20(10-8-18)34-21-11-12-27-19(13-21)14-26/h3-13,19,27H,2,15H2,1H3,(H,28,29,32). The number of hydrogen-bond acceptors (Lipinski definition) is 6. The van der Waals surface area contributed by atoms with Crippen LogP contribution < -0.4 is 27.1 Å². The minimum atomic E-state index is -0.532. The van der Waals surface area contributed by atoms with Gasteiger partial charge in [-0.15, -0.1) is 0 Å². The molecule has 2 N–H and O–H groups in total. The third-order valence-electron chi connectivity index (χ3n) is 5.05. The SMILES string of the molecule is CCn1c(=O)[nH]/c(=N\c2ccc(OC3=CC(C#N)NC=C3)cc2)n(Cc2ccc(Cl)cc2)c1=O. The Kier molecular flexibility index (Phi) is 6.80. The highest BCUT2D eigenvalue weighted by molar-refractivity contribution is 6.30. The number of aromatic amines is 1. The Morgan fingerprint density at radius 1 is 1.12 bits per heavy atom. The van der Waals surface area contributed by atoms with Crippen molar-refractivity contribution in [2.45, 2.75) is 26.1 Å². The third kappa shape index (κ3) is 5.19. The Morgan fingerprint density at radius 2 is 1.85 bits per heavy atom. The highest BCUT2D eigenvalue weighted by Gasteiger charge is 2.10. The van der Waals surface area contributed by atoms with Crippen molar-refractivity contribution in [3.05, 3.63) is 110 Å². The van der Waals surface area contributed by atoms with E-state index in [1.54, 1.807) is 61.7 Å². The number of nitrogens with zero attached hydrogens (tertiary/aromatic N) is 4. The van der Waals surface area contributed by atoms with Gasteiger partial charge in [0.1, 0.15) is 17.6 Å². The molecule has 0 bridgehead atoms. The molecule has 9 nitrogen and oxygen atoms in total. The molecule has 0 fully saturated rings. The first kappa shape index (κ1) is 22.9. The van der Waals surface area contributed by atoms with Gasteiger partial charge in [0.15, 0.2) is 0 Å². The maximum absolute atomic E-state index is 13.0. The van der Waals surface area contributed by atoms with Crippen LogP contribution in [0.4, 0.5) is 5.69 Å². The first-order chi connectivity index (χ1) is 16.5. The molecule has 10 heteroatoms. The molecule has 0 saturated heterocycles. The number of dihydropyridines is 1. The second kappa shape index (κ2) is 10.1. The summed E-state index contributed by atoms with van der Waals surface area (Å²) in [5.74, 6) is 1.10. The number of hydrogen-bond donors (Lipinski definition) is 2. The summed E-state index contributed by atoms with van der Waals surface area (Å²) in [4.78, 5) is 32.6. The van der Waals surface area contributed by atoms with Crippen LogP contribution in [-0.4, -0.2) is 20.2 Å². The normalized spacial score (nSPS) is 15.4. The average molecular weight is 477 g/mol. The number of allylic oxidation sites excluding steroid dienone is 1. The van der Waals surface area contributed by atoms with Gasteiger partial charge >= 0.3 is 11.4 Å². The van der Waals surface area contributed by atoms with Gasteiger partial charge in [0.25, 0.3) is 0 Å². The molecule has 0 radical (unpaired) electrons. The number of benzene rings is 2. The Bertz CT molecular complexity index is 1470. The molecule has 3 aromatic rings. The molecular formula is C24H21ClN6O3. The molecule has 1 aromatic heterocycles. The van der Waals surface area contributed by atoms with Crippen LogP contribution in [0.3, 0.4) is 0 Å². The fraction of sp³-hybridized carbons (Fsp3) is 0.167. The topological polar surface area (TPSA) is 117 Å². The van der Waals surface area contributed by atoms with Crippen molar-refractivity contribution in [1.29, 1.82) is 5.26 Å². The minimum Gasteiger partial charge on any atom is -0.458 e. The third-order valence-corrected chi connectivity index (χ3v) is 5.30. The minimum absolute atomic E-state index is 0.129. The van der Waals surface area contributed by atoms with Crippen LogP contribution in [-0.2, 0) is 13.1 Å². The second-order valence-electron chi connectivity index (χ2n) is 7.38. The number of aromatic nitrogens is 3. The fourth-order valence-electron chi connectivity index (χ4n) is 3.33. The van der Waals surface area contributed by atoms with Crippen LogP contribution in [0.25, 0.3) is 0 Å². The molecule has 1 unspecified atom stereocenters. The molecule has 1 aliphatic rings. The molecule has 2 aromatic carbocycles. The van der Waals surface area contributed by atoms with Gasteiger partial charge in [-0.05, 0) is 61.0 Å². The smallest absolute Gasteiger partial charge is 0.335 e. The van der Waals surface area contributed by atoms with Crippen LogP contribution in [0.15, 0.2) is 87.2 Å². The van der Waals surface area contributed by atoms with Crippen molar-refractivity contribution in [2.24, 2.45) is 4.99 Å². The summed E-state index contributed by atoms with van der Waals surface area (Å²) in [6.07, 6.45) is 5.05. The van der Waals surface area contributed by atoms with Gasteiger partial charge in [0.2, 0.25) is 5.62 Å². The molecular weight excluding hydrogens is 456 g/mol. The van der Waals surface area contributed by atoms with E-state index in [0.717, 1.165) is 10.1 Å². The second-order valence-corrected chi connectivity index (χ2v) is 7.81. The van der Waals surface area contributed by atoms with Crippen LogP contribution in [0.2, 0.25) is 5.02 Å². The van der Waals surface area contributed by atoms with Gasteiger partial charge in [-0.2, -0.15) is 5.26 Å². The molecule has 172 valence electrons. The van der Waals surface area contributed by atoms with E-state index in [4.69, 9.17) is 21.6 Å². The number of H-pyrrole nitrogens is 1. The summed E-state index contributed by atoms with van der Waals surface area (Å²) in [5.41, 5.74) is 0.489. The van der Waals surface area contributed by atoms with Crippen molar-refractivity contribution < 1.29 is 4.74 Å². The number of halogens is 1. The van der Waals surface area contributed by atoms with Crippen LogP contribution >= 0.6 is 11.6 Å². The summed E-state index contributed by atoms with van der Waals surface area (Å²) in [6.45, 7) is 2.17. The van der Waals surface area contributed by atoms with Gasteiger partial charge in [-0.25, -0.2) is 19.1 Å². The number of nitriles is 1. The zero-order valence-corrected chi connectivity index (χ0v) is 19.0. The van der Waals surface area contributed by atoms with E-state index in [2.05, 4.69) is 21.4 Å². The first-order valence-corrected chi connectivity index (χ1v) is 10.9. The van der Waals surface area contributed by atoms with Crippen LogP contribution in [0.5, 0.6) is 5.75 Å². The van der Waals surface area contributed by atoms with E-state index in [1.807, 2.05) is 12.1 Å². The maximum atomic E-state index is 13.0. The lowest BCUT2D eigenvalue weighted by Crippen LogP contribution is -2.49. The van der Waals surface area contributed by atoms with Gasteiger partial charge in [0, 0.05) is 17.8 Å². The van der Waals surface area contributed by atoms with E-state index >= 15 is 0 Å². The Morgan fingerprint density at radius 3 is 2.53 bits per heavy atom. The molecule has 1 aliphatic heterocycles. The summed E-state index contributed by atoms with van der Waals surface area (Å²) >= 11 is 5.97. The van der Waals surface area contributed by atoms with E-state index in [1.165, 1.54) is 4.57 Å². The van der Waals surface area contributed by atoms with E-state index in [9.17, 15) is 9.59 Å². The van der Waals surface area contributed by atoms with Gasteiger partial charge in [-0.1, -0.05) is 23.7 Å². The summed E-state index contributed by atoms with van der Waals surface area (Å²) in [6, 6.07) is 15.6. The fourth-order valence-corrected chi connectivity index (χ4v) is 3.45. The van der Waals surface area contributed by atoms with E-state index in [-0.39, 0.29) is 18.7 Å². The Hall–Kier alpha value is -4.29. The average Bonchev–Trinajstić information content (AvgIpc) is 2.84. The van der Waals surface area contributed by atoms with Gasteiger partial charge < -0.3 is 10.1 Å². The number of nitrogens with one attached hydrogen (secondary N) is 2. The van der Waals surface area contributed by atoms with E-state index < -0.39 is 17.4 Å². The number of ether oxygens (including phenoxy) is 1. The summed E-state index contributed by atoms with van der Waals surface area (Å²) in [7, 11) is 0. The zero-order chi connectivity index (χ0) is 24.1. The Labute approximate surface area is 199 Å². The molecule has 1 atom stereocenters. The maximum Gasteiger partial charge on any atom is 0.335 e. The quantitative estimate of drug-likeness (QED) is 0.567. The predicted octanol–water partition coefficient (Wildman–Crippen LogP) is 2.56. The van der Waals surface area contributed by atoms with Crippen molar-refractivity contribution in [3.8, 4) is 11.8 Å². The monoisotopic (exact) mass is 476 g/mol. The Balaban J connectivity index is 1.68. The highest BCUT2D eigenvalue weighted by atomic mass is 35.5. The lowest BCUT2D eigenvalue weighted by molar-refractivity contribution is 0.436. The van der Waals surface area contributed by atoms with Gasteiger partial charge in [0.05, 0.1) is 18.3 Å². The van der Waals surface area contributed by atoms with Crippen molar-refractivity contribution in [2.75, 3.05) is 0 Å². The predicted molar refractivity (Wildman–Crippen MR) is 128 cm³/mol. The summed E-state index contributed by atoms with van der Waals surface area (Å²) in [5, 5.41) is 12.5. The molecule has 0 saturated carbocycles. The molecule has 0 aliphatic carbocycles. The summed E-state index contributed by atoms with van der Waals surface area (Å²) < 4.78 is 8.31. The van der Waals surface area contributed by atoms with Crippen molar-refractivity contribution in [1.82, 2.24) is 19.4 Å². The lowest BCUT2D eigenvalue weighted by atomic mass is 10.2. The van der Waals surface area contributed by atoms with Crippen LogP contribution in [0, 0.1) is 11.3 Å². The van der Waals surface area contributed by atoms with Gasteiger partial charge in [-0.3, -0.25) is 9.55 Å². The largest absolute Gasteiger partial charge is 0.458 e. The molecule has 34 heavy (non-hydrogen) atoms. The first-order valence-electron chi connectivity index (χ1n) is 10.5. The van der Waals surface area contributed by atoms with E-state index in [0.29, 0.717) is 22.2 Å². The molecule has 4 rings (SSSR count).